The summed E-state index contributed by atoms with van der Waals surface area (Å²) in [7, 11) is 0. The van der Waals surface area contributed by atoms with E-state index in [1.165, 1.54) is 0 Å². The van der Waals surface area contributed by atoms with Crippen molar-refractivity contribution < 1.29 is 4.74 Å². The fourth-order valence-corrected chi connectivity index (χ4v) is 2.49. The maximum absolute atomic E-state index is 11.7. The van der Waals surface area contributed by atoms with Gasteiger partial charge in [0.25, 0.3) is 0 Å². The molecule has 2 rings (SSSR count). The SMILES string of the molecule is C=CCOC1CCC2C(C1)N([O-])NC(N)N2[O-]. The molecule has 1 aliphatic heterocycles. The Morgan fingerprint density at radius 2 is 2.18 bits per heavy atom. The highest BCUT2D eigenvalue weighted by atomic mass is 16.6. The minimum atomic E-state index is -0.945. The minimum absolute atomic E-state index is 0.00947. The molecule has 0 aromatic rings. The molecule has 4 unspecified atom stereocenters. The van der Waals surface area contributed by atoms with Crippen LogP contribution in [-0.2, 0) is 4.74 Å². The van der Waals surface area contributed by atoms with Gasteiger partial charge in [-0.05, 0) is 19.3 Å². The molecule has 4 atom stereocenters. The Labute approximate surface area is 100 Å². The number of fused-ring (bicyclic) bond motifs is 1. The predicted octanol–water partition coefficient (Wildman–Crippen LogP) is -0.161. The normalized spacial score (nSPS) is 39.9. The number of rotatable bonds is 3. The summed E-state index contributed by atoms with van der Waals surface area (Å²) < 4.78 is 5.53. The van der Waals surface area contributed by atoms with Gasteiger partial charge in [-0.25, -0.2) is 5.43 Å². The van der Waals surface area contributed by atoms with E-state index in [2.05, 4.69) is 12.0 Å². The number of nitrogens with two attached hydrogens (primary N) is 1. The van der Waals surface area contributed by atoms with Gasteiger partial charge in [0, 0.05) is 12.1 Å². The number of hydrazine groups is 1. The van der Waals surface area contributed by atoms with E-state index < -0.39 is 12.3 Å². The summed E-state index contributed by atoms with van der Waals surface area (Å²) >= 11 is 0. The molecule has 98 valence electrons. The zero-order chi connectivity index (χ0) is 12.4. The van der Waals surface area contributed by atoms with E-state index in [0.29, 0.717) is 24.6 Å². The highest BCUT2D eigenvalue weighted by Gasteiger charge is 2.37. The topological polar surface area (TPSA) is 99.9 Å². The molecule has 7 heteroatoms. The van der Waals surface area contributed by atoms with E-state index in [4.69, 9.17) is 10.5 Å². The quantitative estimate of drug-likeness (QED) is 0.663. The smallest absolute Gasteiger partial charge is 0.112 e. The van der Waals surface area contributed by atoms with Gasteiger partial charge in [0.2, 0.25) is 0 Å². The van der Waals surface area contributed by atoms with Crippen molar-refractivity contribution in [1.29, 1.82) is 0 Å². The second-order valence-electron chi connectivity index (χ2n) is 4.45. The average Bonchev–Trinajstić information content (AvgIpc) is 2.33. The lowest BCUT2D eigenvalue weighted by atomic mass is 9.87. The Morgan fingerprint density at radius 3 is 2.88 bits per heavy atom. The second kappa shape index (κ2) is 5.40. The third kappa shape index (κ3) is 2.66. The number of hydrogen-bond acceptors (Lipinski definition) is 7. The Balaban J connectivity index is 1.97. The molecule has 1 heterocycles. The molecular weight excluding hydrogens is 224 g/mol. The summed E-state index contributed by atoms with van der Waals surface area (Å²) in [5, 5.41) is 24.9. The van der Waals surface area contributed by atoms with Crippen molar-refractivity contribution in [1.82, 2.24) is 15.7 Å². The number of nitrogens with one attached hydrogen (secondary N) is 1. The highest BCUT2D eigenvalue weighted by Crippen LogP contribution is 2.30. The monoisotopic (exact) mass is 242 g/mol. The molecule has 3 N–H and O–H groups in total. The lowest BCUT2D eigenvalue weighted by Crippen LogP contribution is -2.70. The van der Waals surface area contributed by atoms with Crippen molar-refractivity contribution in [3.8, 4) is 0 Å². The molecule has 0 aromatic carbocycles. The molecule has 0 spiro atoms. The summed E-state index contributed by atoms with van der Waals surface area (Å²) in [4.78, 5) is 0. The number of hydrogen-bond donors (Lipinski definition) is 2. The van der Waals surface area contributed by atoms with Crippen molar-refractivity contribution in [3.05, 3.63) is 23.1 Å². The van der Waals surface area contributed by atoms with Crippen LogP contribution >= 0.6 is 0 Å². The second-order valence-corrected chi connectivity index (χ2v) is 4.45. The molecule has 1 saturated carbocycles. The highest BCUT2D eigenvalue weighted by molar-refractivity contribution is 4.97. The largest absolute Gasteiger partial charge is 0.783 e. The molecule has 1 aliphatic carbocycles. The van der Waals surface area contributed by atoms with Crippen LogP contribution in [0.2, 0.25) is 0 Å². The number of hydroxylamine groups is 3. The standard InChI is InChI=1S/C10H18N4O3/c1-2-5-17-7-3-4-8-9(6-7)14(16)12-10(11)13(8)15/h2,7-10,12H,1,3-6,11H2/q-2. The molecular formula is C10H18N4O3-2. The number of ether oxygens (including phenoxy) is 1. The molecule has 0 aromatic heterocycles. The fourth-order valence-electron chi connectivity index (χ4n) is 2.49. The average molecular weight is 242 g/mol. The van der Waals surface area contributed by atoms with Gasteiger partial charge in [0.15, 0.2) is 0 Å². The maximum Gasteiger partial charge on any atom is 0.112 e. The first-order chi connectivity index (χ1) is 8.13. The Hall–Kier alpha value is -0.540. The van der Waals surface area contributed by atoms with Gasteiger partial charge in [-0.15, -0.1) is 6.58 Å². The third-order valence-electron chi connectivity index (χ3n) is 3.34. The first-order valence-electron chi connectivity index (χ1n) is 5.79. The first kappa shape index (κ1) is 12.9. The summed E-state index contributed by atoms with van der Waals surface area (Å²) in [6.45, 7) is 4.05. The van der Waals surface area contributed by atoms with Gasteiger partial charge in [-0.3, -0.25) is 0 Å². The van der Waals surface area contributed by atoms with Gasteiger partial charge >= 0.3 is 0 Å². The summed E-state index contributed by atoms with van der Waals surface area (Å²) in [5.41, 5.74) is 7.90. The maximum atomic E-state index is 11.7. The molecule has 0 amide bonds. The molecule has 0 bridgehead atoms. The van der Waals surface area contributed by atoms with Crippen molar-refractivity contribution in [2.45, 2.75) is 43.7 Å². The van der Waals surface area contributed by atoms with Crippen LogP contribution in [0, 0.1) is 10.4 Å². The first-order valence-corrected chi connectivity index (χ1v) is 5.79. The Bertz CT molecular complexity index is 278. The van der Waals surface area contributed by atoms with Crippen LogP contribution < -0.4 is 11.2 Å². The molecule has 2 fully saturated rings. The zero-order valence-electron chi connectivity index (χ0n) is 9.62. The third-order valence-corrected chi connectivity index (χ3v) is 3.34. The molecule has 2 aliphatic rings. The van der Waals surface area contributed by atoms with Crippen LogP contribution in [0.5, 0.6) is 0 Å². The predicted molar refractivity (Wildman–Crippen MR) is 62.9 cm³/mol. The van der Waals surface area contributed by atoms with E-state index in [1.54, 1.807) is 6.08 Å². The Morgan fingerprint density at radius 1 is 1.41 bits per heavy atom. The molecule has 17 heavy (non-hydrogen) atoms. The fraction of sp³-hybridized carbons (Fsp3) is 0.800. The lowest BCUT2D eigenvalue weighted by molar-refractivity contribution is -0.0783. The zero-order valence-corrected chi connectivity index (χ0v) is 9.62. The van der Waals surface area contributed by atoms with Crippen molar-refractivity contribution in [3.63, 3.8) is 0 Å². The number of nitrogens with zero attached hydrogens (tertiary/aromatic N) is 2. The Kier molecular flexibility index (Phi) is 4.10. The van der Waals surface area contributed by atoms with Crippen LogP contribution in [0.15, 0.2) is 12.7 Å². The van der Waals surface area contributed by atoms with E-state index in [9.17, 15) is 10.4 Å². The van der Waals surface area contributed by atoms with Crippen LogP contribution in [0.25, 0.3) is 0 Å². The van der Waals surface area contributed by atoms with E-state index in [0.717, 1.165) is 11.5 Å². The van der Waals surface area contributed by atoms with Crippen molar-refractivity contribution >= 4 is 0 Å². The molecule has 1 saturated heterocycles. The van der Waals surface area contributed by atoms with Crippen LogP contribution in [0.4, 0.5) is 0 Å². The summed E-state index contributed by atoms with van der Waals surface area (Å²) in [6.07, 6.45) is 2.68. The van der Waals surface area contributed by atoms with Gasteiger partial charge in [0.1, 0.15) is 6.29 Å². The van der Waals surface area contributed by atoms with E-state index in [1.807, 2.05) is 0 Å². The van der Waals surface area contributed by atoms with Gasteiger partial charge in [-0.2, -0.15) is 0 Å². The molecule has 7 nitrogen and oxygen atoms in total. The van der Waals surface area contributed by atoms with Crippen LogP contribution in [0.3, 0.4) is 0 Å². The van der Waals surface area contributed by atoms with Crippen LogP contribution in [-0.4, -0.2) is 41.3 Å². The summed E-state index contributed by atoms with van der Waals surface area (Å²) in [5.74, 6) is 0. The van der Waals surface area contributed by atoms with Gasteiger partial charge in [-0.1, -0.05) is 6.08 Å². The molecule has 0 radical (unpaired) electrons. The van der Waals surface area contributed by atoms with E-state index >= 15 is 0 Å². The summed E-state index contributed by atoms with van der Waals surface area (Å²) in [6, 6.07) is -0.733. The van der Waals surface area contributed by atoms with Crippen molar-refractivity contribution in [2.24, 2.45) is 5.73 Å². The lowest BCUT2D eigenvalue weighted by Gasteiger charge is -2.59. The van der Waals surface area contributed by atoms with Gasteiger partial charge in [0.05, 0.1) is 12.7 Å². The van der Waals surface area contributed by atoms with E-state index in [-0.39, 0.29) is 12.1 Å². The minimum Gasteiger partial charge on any atom is -0.783 e. The van der Waals surface area contributed by atoms with Gasteiger partial charge < -0.3 is 31.1 Å². The van der Waals surface area contributed by atoms with Crippen molar-refractivity contribution in [2.75, 3.05) is 6.61 Å². The van der Waals surface area contributed by atoms with Crippen LogP contribution in [0.1, 0.15) is 19.3 Å².